The molecule has 0 radical (unpaired) electrons. The fourth-order valence-electron chi connectivity index (χ4n) is 1.10. The minimum atomic E-state index is -0.0716. The van der Waals surface area contributed by atoms with Crippen LogP contribution in [0.15, 0.2) is 22.8 Å². The largest absolute Gasteiger partial charge is 0.339 e. The van der Waals surface area contributed by atoms with E-state index in [1.165, 1.54) is 0 Å². The Balaban J connectivity index is 2.72. The zero-order chi connectivity index (χ0) is 11.3. The molecule has 4 nitrogen and oxygen atoms in total. The van der Waals surface area contributed by atoms with Crippen molar-refractivity contribution in [3.05, 3.63) is 28.5 Å². The molecule has 1 N–H and O–H groups in total. The minimum absolute atomic E-state index is 0.0716. The molecule has 0 aliphatic rings. The third kappa shape index (κ3) is 3.28. The van der Waals surface area contributed by atoms with E-state index in [-0.39, 0.29) is 5.91 Å². The Labute approximate surface area is 97.8 Å². The lowest BCUT2D eigenvalue weighted by Crippen LogP contribution is -2.33. The molecule has 1 rings (SSSR count). The molecule has 0 spiro atoms. The number of hydrogen-bond donors (Lipinski definition) is 1. The summed E-state index contributed by atoms with van der Waals surface area (Å²) in [7, 11) is 3.62. The fraction of sp³-hybridized carbons (Fsp3) is 0.400. The predicted molar refractivity (Wildman–Crippen MR) is 62.8 cm³/mol. The monoisotopic (exact) mass is 271 g/mol. The molecule has 0 saturated carbocycles. The third-order valence-electron chi connectivity index (χ3n) is 2.00. The molecule has 82 valence electrons. The van der Waals surface area contributed by atoms with Crippen molar-refractivity contribution in [2.24, 2.45) is 0 Å². The molecule has 0 aliphatic carbocycles. The fourth-order valence-corrected chi connectivity index (χ4v) is 1.53. The van der Waals surface area contributed by atoms with Gasteiger partial charge in [-0.1, -0.05) is 0 Å². The van der Waals surface area contributed by atoms with E-state index in [2.05, 4.69) is 26.2 Å². The number of halogens is 1. The molecule has 5 heteroatoms. The molecule has 1 heterocycles. The maximum Gasteiger partial charge on any atom is 0.273 e. The van der Waals surface area contributed by atoms with Crippen molar-refractivity contribution in [3.63, 3.8) is 0 Å². The van der Waals surface area contributed by atoms with E-state index in [0.29, 0.717) is 12.2 Å². The predicted octanol–water partition coefficient (Wildman–Crippen LogP) is 1.14. The molecule has 0 atom stereocenters. The Morgan fingerprint density at radius 3 is 3.00 bits per heavy atom. The molecule has 15 heavy (non-hydrogen) atoms. The SMILES string of the molecule is CNCCN(C)C(=O)c1ncccc1Br. The van der Waals surface area contributed by atoms with Crippen LogP contribution in [0, 0.1) is 0 Å². The van der Waals surface area contributed by atoms with Crippen LogP contribution in [0.25, 0.3) is 0 Å². The number of carbonyl (C=O) groups is 1. The molecule has 0 aliphatic heterocycles. The van der Waals surface area contributed by atoms with Gasteiger partial charge in [0, 0.05) is 30.8 Å². The van der Waals surface area contributed by atoms with E-state index < -0.39 is 0 Å². The van der Waals surface area contributed by atoms with Crippen molar-refractivity contribution in [2.45, 2.75) is 0 Å². The minimum Gasteiger partial charge on any atom is -0.339 e. The lowest BCUT2D eigenvalue weighted by Gasteiger charge is -2.16. The Kier molecular flexibility index (Phi) is 4.71. The maximum absolute atomic E-state index is 11.9. The van der Waals surface area contributed by atoms with Gasteiger partial charge in [-0.2, -0.15) is 0 Å². The van der Waals surface area contributed by atoms with Gasteiger partial charge in [0.1, 0.15) is 5.69 Å². The zero-order valence-corrected chi connectivity index (χ0v) is 10.4. The summed E-state index contributed by atoms with van der Waals surface area (Å²) >= 11 is 3.31. The van der Waals surface area contributed by atoms with Gasteiger partial charge >= 0.3 is 0 Å². The summed E-state index contributed by atoms with van der Waals surface area (Å²) in [5.41, 5.74) is 0.455. The summed E-state index contributed by atoms with van der Waals surface area (Å²) in [4.78, 5) is 17.6. The molecule has 0 saturated heterocycles. The molecule has 1 amide bonds. The number of amides is 1. The summed E-state index contributed by atoms with van der Waals surface area (Å²) in [5, 5.41) is 2.99. The summed E-state index contributed by atoms with van der Waals surface area (Å²) < 4.78 is 0.728. The van der Waals surface area contributed by atoms with E-state index in [0.717, 1.165) is 11.0 Å². The summed E-state index contributed by atoms with van der Waals surface area (Å²) in [5.74, 6) is -0.0716. The van der Waals surface area contributed by atoms with E-state index in [1.807, 2.05) is 13.1 Å². The topological polar surface area (TPSA) is 45.2 Å². The molecule has 0 aromatic carbocycles. The molecular weight excluding hydrogens is 258 g/mol. The van der Waals surface area contributed by atoms with E-state index in [9.17, 15) is 4.79 Å². The first-order chi connectivity index (χ1) is 7.16. The number of nitrogens with one attached hydrogen (secondary N) is 1. The number of nitrogens with zero attached hydrogens (tertiary/aromatic N) is 2. The van der Waals surface area contributed by atoms with Crippen molar-refractivity contribution >= 4 is 21.8 Å². The molecule has 0 unspecified atom stereocenters. The Morgan fingerprint density at radius 2 is 2.40 bits per heavy atom. The van der Waals surface area contributed by atoms with Crippen LogP contribution in [0.1, 0.15) is 10.5 Å². The highest BCUT2D eigenvalue weighted by Gasteiger charge is 2.14. The van der Waals surface area contributed by atoms with Crippen LogP contribution in [0.4, 0.5) is 0 Å². The highest BCUT2D eigenvalue weighted by Crippen LogP contribution is 2.14. The van der Waals surface area contributed by atoms with Crippen LogP contribution >= 0.6 is 15.9 Å². The van der Waals surface area contributed by atoms with E-state index in [1.54, 1.807) is 24.2 Å². The standard InChI is InChI=1S/C10H14BrN3O/c1-12-6-7-14(2)10(15)9-8(11)4-3-5-13-9/h3-5,12H,6-7H2,1-2H3. The highest BCUT2D eigenvalue weighted by atomic mass is 79.9. The third-order valence-corrected chi connectivity index (χ3v) is 2.64. The second kappa shape index (κ2) is 5.82. The first-order valence-electron chi connectivity index (χ1n) is 4.67. The number of likely N-dealkylation sites (N-methyl/N-ethyl adjacent to an activating group) is 2. The Morgan fingerprint density at radius 1 is 1.67 bits per heavy atom. The first kappa shape index (κ1) is 12.1. The van der Waals surface area contributed by atoms with Crippen molar-refractivity contribution in [2.75, 3.05) is 27.2 Å². The van der Waals surface area contributed by atoms with Crippen LogP contribution in [-0.2, 0) is 0 Å². The van der Waals surface area contributed by atoms with Crippen molar-refractivity contribution < 1.29 is 4.79 Å². The van der Waals surface area contributed by atoms with Crippen LogP contribution in [0.2, 0.25) is 0 Å². The van der Waals surface area contributed by atoms with Crippen molar-refractivity contribution in [1.29, 1.82) is 0 Å². The van der Waals surface area contributed by atoms with Crippen LogP contribution in [0.5, 0.6) is 0 Å². The number of carbonyl (C=O) groups excluding carboxylic acids is 1. The normalized spacial score (nSPS) is 10.1. The van der Waals surface area contributed by atoms with Gasteiger partial charge in [0.05, 0.1) is 0 Å². The van der Waals surface area contributed by atoms with Crippen LogP contribution in [0.3, 0.4) is 0 Å². The van der Waals surface area contributed by atoms with Gasteiger partial charge in [-0.15, -0.1) is 0 Å². The van der Waals surface area contributed by atoms with Crippen molar-refractivity contribution in [1.82, 2.24) is 15.2 Å². The average molecular weight is 272 g/mol. The number of pyridine rings is 1. The summed E-state index contributed by atoms with van der Waals surface area (Å²) in [6, 6.07) is 3.60. The zero-order valence-electron chi connectivity index (χ0n) is 8.83. The van der Waals surface area contributed by atoms with Gasteiger partial charge < -0.3 is 10.2 Å². The second-order valence-corrected chi connectivity index (χ2v) is 4.02. The van der Waals surface area contributed by atoms with Gasteiger partial charge in [0.2, 0.25) is 0 Å². The van der Waals surface area contributed by atoms with E-state index in [4.69, 9.17) is 0 Å². The highest BCUT2D eigenvalue weighted by molar-refractivity contribution is 9.10. The quantitative estimate of drug-likeness (QED) is 0.893. The molecule has 0 fully saturated rings. The lowest BCUT2D eigenvalue weighted by molar-refractivity contribution is 0.0790. The molecule has 1 aromatic heterocycles. The van der Waals surface area contributed by atoms with Crippen LogP contribution < -0.4 is 5.32 Å². The van der Waals surface area contributed by atoms with Gasteiger partial charge in [-0.05, 0) is 35.1 Å². The molecular formula is C10H14BrN3O. The van der Waals surface area contributed by atoms with Gasteiger partial charge in [-0.3, -0.25) is 4.79 Å². The Bertz CT molecular complexity index is 343. The van der Waals surface area contributed by atoms with E-state index >= 15 is 0 Å². The summed E-state index contributed by atoms with van der Waals surface area (Å²) in [6.45, 7) is 1.44. The first-order valence-corrected chi connectivity index (χ1v) is 5.46. The van der Waals surface area contributed by atoms with Gasteiger partial charge in [0.25, 0.3) is 5.91 Å². The average Bonchev–Trinajstić information content (AvgIpc) is 2.25. The van der Waals surface area contributed by atoms with Gasteiger partial charge in [-0.25, -0.2) is 4.98 Å². The molecule has 1 aromatic rings. The number of aromatic nitrogens is 1. The van der Waals surface area contributed by atoms with Crippen LogP contribution in [-0.4, -0.2) is 43.0 Å². The molecule has 0 bridgehead atoms. The van der Waals surface area contributed by atoms with Crippen molar-refractivity contribution in [3.8, 4) is 0 Å². The Hall–Kier alpha value is -0.940. The number of hydrogen-bond acceptors (Lipinski definition) is 3. The smallest absolute Gasteiger partial charge is 0.273 e. The maximum atomic E-state index is 11.9. The second-order valence-electron chi connectivity index (χ2n) is 3.16. The summed E-state index contributed by atoms with van der Waals surface area (Å²) in [6.07, 6.45) is 1.61. The number of rotatable bonds is 4. The van der Waals surface area contributed by atoms with Gasteiger partial charge in [0.15, 0.2) is 0 Å². The lowest BCUT2D eigenvalue weighted by atomic mass is 10.3.